The molecule has 1 aliphatic heterocycles. The predicted molar refractivity (Wildman–Crippen MR) is 68.2 cm³/mol. The first-order valence-corrected chi connectivity index (χ1v) is 6.37. The Balaban J connectivity index is 2.37. The summed E-state index contributed by atoms with van der Waals surface area (Å²) in [5, 5.41) is 9.21. The number of ether oxygens (including phenoxy) is 2. The van der Waals surface area contributed by atoms with Gasteiger partial charge in [0.15, 0.2) is 0 Å². The number of aliphatic hydroxyl groups excluding tert-OH is 1. The van der Waals surface area contributed by atoms with Gasteiger partial charge in [-0.25, -0.2) is 0 Å². The third-order valence-corrected chi connectivity index (χ3v) is 2.70. The molecule has 4 heteroatoms. The Kier molecular flexibility index (Phi) is 4.95. The van der Waals surface area contributed by atoms with Crippen molar-refractivity contribution < 1.29 is 14.6 Å². The van der Waals surface area contributed by atoms with E-state index in [-0.39, 0.29) is 23.9 Å². The van der Waals surface area contributed by atoms with Crippen LogP contribution in [0.5, 0.6) is 0 Å². The molecule has 1 atom stereocenters. The van der Waals surface area contributed by atoms with Gasteiger partial charge in [-0.1, -0.05) is 0 Å². The topological polar surface area (TPSA) is 41.9 Å². The number of hydrogen-bond donors (Lipinski definition) is 1. The summed E-state index contributed by atoms with van der Waals surface area (Å²) in [5.41, 5.74) is -0.272. The van der Waals surface area contributed by atoms with Gasteiger partial charge in [0.05, 0.1) is 30.5 Å². The SMILES string of the molecule is CC(C)(C)OCCN1CC(CO)OC(C)(C)C1. The van der Waals surface area contributed by atoms with Crippen LogP contribution in [0.25, 0.3) is 0 Å². The predicted octanol–water partition coefficient (Wildman–Crippen LogP) is 1.27. The van der Waals surface area contributed by atoms with Crippen LogP contribution in [0.1, 0.15) is 34.6 Å². The molecule has 0 radical (unpaired) electrons. The van der Waals surface area contributed by atoms with Crippen molar-refractivity contribution in [3.63, 3.8) is 0 Å². The zero-order valence-electron chi connectivity index (χ0n) is 11.8. The fourth-order valence-electron chi connectivity index (χ4n) is 2.16. The fourth-order valence-corrected chi connectivity index (χ4v) is 2.16. The Labute approximate surface area is 105 Å². The summed E-state index contributed by atoms with van der Waals surface area (Å²) in [4.78, 5) is 2.30. The van der Waals surface area contributed by atoms with Gasteiger partial charge < -0.3 is 14.6 Å². The molecule has 0 amide bonds. The van der Waals surface area contributed by atoms with Crippen molar-refractivity contribution >= 4 is 0 Å². The fraction of sp³-hybridized carbons (Fsp3) is 1.00. The minimum absolute atomic E-state index is 0.0756. The molecule has 4 nitrogen and oxygen atoms in total. The van der Waals surface area contributed by atoms with Gasteiger partial charge in [0, 0.05) is 19.6 Å². The first kappa shape index (κ1) is 14.9. The Morgan fingerprint density at radius 1 is 1.41 bits per heavy atom. The lowest BCUT2D eigenvalue weighted by Gasteiger charge is -2.42. The van der Waals surface area contributed by atoms with Crippen LogP contribution in [-0.4, -0.2) is 60.2 Å². The van der Waals surface area contributed by atoms with Gasteiger partial charge in [0.25, 0.3) is 0 Å². The highest BCUT2D eigenvalue weighted by Gasteiger charge is 2.32. The Hall–Kier alpha value is -0.160. The van der Waals surface area contributed by atoms with Gasteiger partial charge in [-0.3, -0.25) is 4.90 Å². The van der Waals surface area contributed by atoms with E-state index in [0.717, 1.165) is 26.2 Å². The van der Waals surface area contributed by atoms with Gasteiger partial charge in [0.2, 0.25) is 0 Å². The third kappa shape index (κ3) is 5.82. The van der Waals surface area contributed by atoms with E-state index in [9.17, 15) is 5.11 Å². The molecule has 1 rings (SSSR count). The van der Waals surface area contributed by atoms with Gasteiger partial charge in [-0.15, -0.1) is 0 Å². The first-order chi connectivity index (χ1) is 7.72. The van der Waals surface area contributed by atoms with Crippen LogP contribution >= 0.6 is 0 Å². The molecule has 0 aromatic rings. The Morgan fingerprint density at radius 2 is 2.06 bits per heavy atom. The summed E-state index contributed by atoms with van der Waals surface area (Å²) in [6.07, 6.45) is -0.0756. The van der Waals surface area contributed by atoms with Gasteiger partial charge >= 0.3 is 0 Å². The molecule has 1 N–H and O–H groups in total. The summed E-state index contributed by atoms with van der Waals surface area (Å²) >= 11 is 0. The molecule has 17 heavy (non-hydrogen) atoms. The highest BCUT2D eigenvalue weighted by Crippen LogP contribution is 2.20. The van der Waals surface area contributed by atoms with Gasteiger partial charge in [0.1, 0.15) is 0 Å². The van der Waals surface area contributed by atoms with Crippen LogP contribution in [-0.2, 0) is 9.47 Å². The highest BCUT2D eigenvalue weighted by molar-refractivity contribution is 4.83. The van der Waals surface area contributed by atoms with Crippen LogP contribution in [0, 0.1) is 0 Å². The third-order valence-electron chi connectivity index (χ3n) is 2.70. The molecule has 1 heterocycles. The summed E-state index contributed by atoms with van der Waals surface area (Å²) in [5.74, 6) is 0. The number of hydrogen-bond acceptors (Lipinski definition) is 4. The van der Waals surface area contributed by atoms with E-state index >= 15 is 0 Å². The summed E-state index contributed by atoms with van der Waals surface area (Å²) in [6.45, 7) is 13.7. The molecule has 0 aromatic carbocycles. The monoisotopic (exact) mass is 245 g/mol. The Morgan fingerprint density at radius 3 is 2.59 bits per heavy atom. The van der Waals surface area contributed by atoms with E-state index in [4.69, 9.17) is 9.47 Å². The van der Waals surface area contributed by atoms with E-state index in [0.29, 0.717) is 0 Å². The minimum Gasteiger partial charge on any atom is -0.394 e. The second-order valence-electron chi connectivity index (χ2n) is 6.38. The maximum absolute atomic E-state index is 9.21. The van der Waals surface area contributed by atoms with Crippen LogP contribution in [0.2, 0.25) is 0 Å². The highest BCUT2D eigenvalue weighted by atomic mass is 16.5. The van der Waals surface area contributed by atoms with Gasteiger partial charge in [-0.05, 0) is 34.6 Å². The molecular formula is C13H27NO3. The summed E-state index contributed by atoms with van der Waals surface area (Å²) in [6, 6.07) is 0. The molecule has 1 unspecified atom stereocenters. The van der Waals surface area contributed by atoms with Crippen LogP contribution < -0.4 is 0 Å². The molecule has 1 saturated heterocycles. The average Bonchev–Trinajstić information content (AvgIpc) is 2.13. The molecule has 102 valence electrons. The molecule has 0 aromatic heterocycles. The molecule has 1 aliphatic rings. The van der Waals surface area contributed by atoms with Crippen LogP contribution in [0.15, 0.2) is 0 Å². The average molecular weight is 245 g/mol. The molecule has 0 spiro atoms. The van der Waals surface area contributed by atoms with Crippen molar-refractivity contribution in [1.29, 1.82) is 0 Å². The number of rotatable bonds is 4. The lowest BCUT2D eigenvalue weighted by molar-refractivity contribution is -0.153. The van der Waals surface area contributed by atoms with Crippen molar-refractivity contribution in [2.75, 3.05) is 32.8 Å². The quantitative estimate of drug-likeness (QED) is 0.810. The number of morpholine rings is 1. The number of aliphatic hydroxyl groups is 1. The lowest BCUT2D eigenvalue weighted by atomic mass is 10.1. The second kappa shape index (κ2) is 5.65. The Bertz CT molecular complexity index is 235. The van der Waals surface area contributed by atoms with Crippen LogP contribution in [0.3, 0.4) is 0 Å². The summed E-state index contributed by atoms with van der Waals surface area (Å²) < 4.78 is 11.5. The smallest absolute Gasteiger partial charge is 0.0940 e. The van der Waals surface area contributed by atoms with Crippen molar-refractivity contribution in [2.24, 2.45) is 0 Å². The van der Waals surface area contributed by atoms with Crippen molar-refractivity contribution in [2.45, 2.75) is 51.9 Å². The molecule has 0 saturated carbocycles. The minimum atomic E-state index is -0.187. The van der Waals surface area contributed by atoms with Crippen molar-refractivity contribution in [3.8, 4) is 0 Å². The first-order valence-electron chi connectivity index (χ1n) is 6.37. The normalized spacial score (nSPS) is 26.1. The number of nitrogens with zero attached hydrogens (tertiary/aromatic N) is 1. The van der Waals surface area contributed by atoms with Crippen molar-refractivity contribution in [1.82, 2.24) is 4.90 Å². The zero-order chi connectivity index (χ0) is 13.1. The second-order valence-corrected chi connectivity index (χ2v) is 6.38. The van der Waals surface area contributed by atoms with E-state index < -0.39 is 0 Å². The van der Waals surface area contributed by atoms with E-state index in [1.54, 1.807) is 0 Å². The molecule has 1 fully saturated rings. The molecule has 0 bridgehead atoms. The standard InChI is InChI=1S/C13H27NO3/c1-12(2,3)16-7-6-14-8-11(9-15)17-13(4,5)10-14/h11,15H,6-10H2,1-5H3. The largest absolute Gasteiger partial charge is 0.394 e. The molecular weight excluding hydrogens is 218 g/mol. The van der Waals surface area contributed by atoms with Gasteiger partial charge in [-0.2, -0.15) is 0 Å². The van der Waals surface area contributed by atoms with E-state index in [1.165, 1.54) is 0 Å². The maximum atomic E-state index is 9.21. The van der Waals surface area contributed by atoms with E-state index in [2.05, 4.69) is 39.5 Å². The zero-order valence-corrected chi connectivity index (χ0v) is 11.8. The molecule has 0 aliphatic carbocycles. The lowest BCUT2D eigenvalue weighted by Crippen LogP contribution is -2.54. The maximum Gasteiger partial charge on any atom is 0.0940 e. The van der Waals surface area contributed by atoms with Crippen molar-refractivity contribution in [3.05, 3.63) is 0 Å². The summed E-state index contributed by atoms with van der Waals surface area (Å²) in [7, 11) is 0. The van der Waals surface area contributed by atoms with E-state index in [1.807, 2.05) is 0 Å². The van der Waals surface area contributed by atoms with Crippen LogP contribution in [0.4, 0.5) is 0 Å².